The van der Waals surface area contributed by atoms with Crippen molar-refractivity contribution in [1.29, 1.82) is 0 Å². The molecule has 0 aromatic heterocycles. The van der Waals surface area contributed by atoms with Gasteiger partial charge in [-0.2, -0.15) is 0 Å². The van der Waals surface area contributed by atoms with Gasteiger partial charge >= 0.3 is 6.09 Å². The number of benzene rings is 1. The fraction of sp³-hybridized carbons (Fsp3) is 0.636. The quantitative estimate of drug-likeness (QED) is 0.729. The standard InChI is InChI=1S/C22H31NO5/c1-22(2,3)28-21(25)23-16-8-9-17(23)13-15(12-16)20(24)10-11-27-19-7-5-6-18(14-19)26-4/h5-7,14-17H,8-13H2,1-4H3. The SMILES string of the molecule is COc1cccc(OCCC(=O)C2CC3CCC(C2)N3C(=O)OC(C)(C)C)c1. The van der Waals surface area contributed by atoms with E-state index in [0.29, 0.717) is 18.8 Å². The highest BCUT2D eigenvalue weighted by molar-refractivity contribution is 5.82. The predicted octanol–water partition coefficient (Wildman–Crippen LogP) is 4.21. The van der Waals surface area contributed by atoms with Crippen LogP contribution in [0.2, 0.25) is 0 Å². The lowest BCUT2D eigenvalue weighted by Gasteiger charge is -2.39. The summed E-state index contributed by atoms with van der Waals surface area (Å²) in [5, 5.41) is 0. The summed E-state index contributed by atoms with van der Waals surface area (Å²) in [6, 6.07) is 7.60. The fourth-order valence-electron chi connectivity index (χ4n) is 4.22. The molecular weight excluding hydrogens is 358 g/mol. The molecule has 2 saturated heterocycles. The van der Waals surface area contributed by atoms with Crippen LogP contribution in [0.4, 0.5) is 4.79 Å². The van der Waals surface area contributed by atoms with Crippen molar-refractivity contribution in [3.05, 3.63) is 24.3 Å². The van der Waals surface area contributed by atoms with Crippen molar-refractivity contribution in [2.75, 3.05) is 13.7 Å². The maximum absolute atomic E-state index is 12.7. The van der Waals surface area contributed by atoms with Crippen LogP contribution in [0.15, 0.2) is 24.3 Å². The Hall–Kier alpha value is -2.24. The van der Waals surface area contributed by atoms with Gasteiger partial charge in [0.2, 0.25) is 0 Å². The van der Waals surface area contributed by atoms with Crippen LogP contribution in [0, 0.1) is 5.92 Å². The molecule has 0 radical (unpaired) electrons. The summed E-state index contributed by atoms with van der Waals surface area (Å²) in [6.45, 7) is 6.00. The molecule has 2 aliphatic heterocycles. The van der Waals surface area contributed by atoms with Crippen LogP contribution in [0.5, 0.6) is 11.5 Å². The van der Waals surface area contributed by atoms with Crippen LogP contribution in [0.1, 0.15) is 52.9 Å². The van der Waals surface area contributed by atoms with Crippen LogP contribution < -0.4 is 9.47 Å². The molecule has 154 valence electrons. The third-order valence-corrected chi connectivity index (χ3v) is 5.45. The summed E-state index contributed by atoms with van der Waals surface area (Å²) >= 11 is 0. The van der Waals surface area contributed by atoms with Gasteiger partial charge in [-0.15, -0.1) is 0 Å². The Kier molecular flexibility index (Phi) is 6.16. The summed E-state index contributed by atoms with van der Waals surface area (Å²) in [5.41, 5.74) is -0.499. The van der Waals surface area contributed by atoms with E-state index in [0.717, 1.165) is 31.4 Å². The Balaban J connectivity index is 1.49. The van der Waals surface area contributed by atoms with E-state index in [1.807, 2.05) is 49.9 Å². The van der Waals surface area contributed by atoms with Crippen molar-refractivity contribution in [3.63, 3.8) is 0 Å². The van der Waals surface area contributed by atoms with Gasteiger partial charge in [0.25, 0.3) is 0 Å². The molecule has 0 aliphatic carbocycles. The van der Waals surface area contributed by atoms with E-state index in [1.54, 1.807) is 7.11 Å². The van der Waals surface area contributed by atoms with E-state index in [2.05, 4.69) is 0 Å². The number of Topliss-reactive ketones (excluding diaryl/α,β-unsaturated/α-hetero) is 1. The van der Waals surface area contributed by atoms with Crippen molar-refractivity contribution in [2.24, 2.45) is 5.92 Å². The summed E-state index contributed by atoms with van der Waals surface area (Å²) < 4.78 is 16.4. The molecule has 2 unspecified atom stereocenters. The molecule has 2 aliphatic rings. The number of ketones is 1. The fourth-order valence-corrected chi connectivity index (χ4v) is 4.22. The van der Waals surface area contributed by atoms with Gasteiger partial charge in [-0.25, -0.2) is 4.79 Å². The van der Waals surface area contributed by atoms with Crippen molar-refractivity contribution in [2.45, 2.75) is 70.6 Å². The highest BCUT2D eigenvalue weighted by atomic mass is 16.6. The number of amides is 1. The maximum Gasteiger partial charge on any atom is 0.410 e. The highest BCUT2D eigenvalue weighted by Gasteiger charge is 2.46. The van der Waals surface area contributed by atoms with Crippen molar-refractivity contribution in [3.8, 4) is 11.5 Å². The summed E-state index contributed by atoms with van der Waals surface area (Å²) in [7, 11) is 1.61. The molecule has 2 atom stereocenters. The van der Waals surface area contributed by atoms with E-state index < -0.39 is 5.60 Å². The Morgan fingerprint density at radius 2 is 1.75 bits per heavy atom. The number of ether oxygens (including phenoxy) is 3. The number of hydrogen-bond acceptors (Lipinski definition) is 5. The first kappa shape index (κ1) is 20.5. The first-order chi connectivity index (χ1) is 13.3. The second kappa shape index (κ2) is 8.41. The largest absolute Gasteiger partial charge is 0.497 e. The Bertz CT molecular complexity index is 697. The number of carbonyl (C=O) groups excluding carboxylic acids is 2. The van der Waals surface area contributed by atoms with Crippen LogP contribution in [-0.2, 0) is 9.53 Å². The number of nitrogens with zero attached hydrogens (tertiary/aromatic N) is 1. The van der Waals surface area contributed by atoms with Gasteiger partial charge in [0.05, 0.1) is 13.7 Å². The monoisotopic (exact) mass is 389 g/mol. The predicted molar refractivity (Wildman–Crippen MR) is 106 cm³/mol. The van der Waals surface area contributed by atoms with Gasteiger partial charge in [0, 0.05) is 30.5 Å². The lowest BCUT2D eigenvalue weighted by molar-refractivity contribution is -0.125. The molecule has 2 bridgehead atoms. The van der Waals surface area contributed by atoms with Gasteiger partial charge < -0.3 is 19.1 Å². The summed E-state index contributed by atoms with van der Waals surface area (Å²) in [4.78, 5) is 27.1. The van der Waals surface area contributed by atoms with Crippen molar-refractivity contribution in [1.82, 2.24) is 4.90 Å². The van der Waals surface area contributed by atoms with E-state index in [9.17, 15) is 9.59 Å². The summed E-state index contributed by atoms with van der Waals surface area (Å²) in [6.07, 6.45) is 3.50. The minimum atomic E-state index is -0.499. The third-order valence-electron chi connectivity index (χ3n) is 5.45. The summed E-state index contributed by atoms with van der Waals surface area (Å²) in [5.74, 6) is 1.66. The van der Waals surface area contributed by atoms with Gasteiger partial charge in [-0.3, -0.25) is 4.79 Å². The van der Waals surface area contributed by atoms with Crippen LogP contribution in [0.3, 0.4) is 0 Å². The molecule has 1 aromatic rings. The zero-order valence-corrected chi connectivity index (χ0v) is 17.3. The van der Waals surface area contributed by atoms with Gasteiger partial charge in [-0.05, 0) is 58.6 Å². The molecular formula is C22H31NO5. The molecule has 0 spiro atoms. The Morgan fingerprint density at radius 3 is 2.36 bits per heavy atom. The molecule has 3 rings (SSSR count). The number of piperidine rings is 1. The molecule has 2 fully saturated rings. The molecule has 1 aromatic carbocycles. The third kappa shape index (κ3) is 4.97. The minimum absolute atomic E-state index is 0.00472. The Labute approximate surface area is 167 Å². The smallest absolute Gasteiger partial charge is 0.410 e. The average molecular weight is 389 g/mol. The van der Waals surface area contributed by atoms with Gasteiger partial charge in [0.15, 0.2) is 0 Å². The van der Waals surface area contributed by atoms with Gasteiger partial charge in [-0.1, -0.05) is 6.07 Å². The number of methoxy groups -OCH3 is 1. The molecule has 6 heteroatoms. The lowest BCUT2D eigenvalue weighted by atomic mass is 9.86. The first-order valence-electron chi connectivity index (χ1n) is 10.1. The van der Waals surface area contributed by atoms with Crippen LogP contribution >= 0.6 is 0 Å². The molecule has 0 saturated carbocycles. The number of carbonyl (C=O) groups is 2. The Morgan fingerprint density at radius 1 is 1.11 bits per heavy atom. The normalized spacial score (nSPS) is 24.0. The van der Waals surface area contributed by atoms with E-state index >= 15 is 0 Å². The first-order valence-corrected chi connectivity index (χ1v) is 10.1. The second-order valence-electron chi connectivity index (χ2n) is 8.68. The number of rotatable bonds is 6. The topological polar surface area (TPSA) is 65.1 Å². The van der Waals surface area contributed by atoms with E-state index in [1.165, 1.54) is 0 Å². The molecule has 2 heterocycles. The van der Waals surface area contributed by atoms with Crippen LogP contribution in [-0.4, -0.2) is 48.2 Å². The number of fused-ring (bicyclic) bond motifs is 2. The zero-order chi connectivity index (χ0) is 20.3. The minimum Gasteiger partial charge on any atom is -0.497 e. The molecule has 28 heavy (non-hydrogen) atoms. The zero-order valence-electron chi connectivity index (χ0n) is 17.3. The maximum atomic E-state index is 12.7. The molecule has 6 nitrogen and oxygen atoms in total. The average Bonchev–Trinajstić information content (AvgIpc) is 2.90. The van der Waals surface area contributed by atoms with Gasteiger partial charge in [0.1, 0.15) is 22.9 Å². The van der Waals surface area contributed by atoms with Crippen LogP contribution in [0.25, 0.3) is 0 Å². The number of hydrogen-bond donors (Lipinski definition) is 0. The highest BCUT2D eigenvalue weighted by Crippen LogP contribution is 2.40. The second-order valence-corrected chi connectivity index (χ2v) is 8.68. The lowest BCUT2D eigenvalue weighted by Crippen LogP contribution is -2.49. The van der Waals surface area contributed by atoms with E-state index in [4.69, 9.17) is 14.2 Å². The molecule has 0 N–H and O–H groups in total. The molecule has 1 amide bonds. The van der Waals surface area contributed by atoms with Crippen molar-refractivity contribution < 1.29 is 23.8 Å². The van der Waals surface area contributed by atoms with E-state index in [-0.39, 0.29) is 29.9 Å². The van der Waals surface area contributed by atoms with Crippen molar-refractivity contribution >= 4 is 11.9 Å².